The number of hydrogen-bond acceptors (Lipinski definition) is 0. The van der Waals surface area contributed by atoms with Crippen molar-refractivity contribution in [1.29, 1.82) is 0 Å². The molecule has 90 valence electrons. The van der Waals surface area contributed by atoms with Gasteiger partial charge in [-0.05, 0) is 30.0 Å². The Morgan fingerprint density at radius 3 is 2.82 bits per heavy atom. The molecule has 0 nitrogen and oxygen atoms in total. The molecule has 1 rings (SSSR count). The molecule has 0 bridgehead atoms. The highest BCUT2D eigenvalue weighted by Gasteiger charge is 1.96. The van der Waals surface area contributed by atoms with Crippen LogP contribution in [0.5, 0.6) is 0 Å². The Hall–Kier alpha value is -1.26. The molecule has 0 fully saturated rings. The lowest BCUT2D eigenvalue weighted by molar-refractivity contribution is 0.681. The molecule has 0 saturated heterocycles. The fraction of sp³-hybridized carbons (Fsp3) is 0.333. The predicted octanol–water partition coefficient (Wildman–Crippen LogP) is 5.23. The first-order valence-electron chi connectivity index (χ1n) is 5.84. The van der Waals surface area contributed by atoms with Gasteiger partial charge in [-0.25, -0.2) is 0 Å². The van der Waals surface area contributed by atoms with Crippen molar-refractivity contribution in [2.75, 3.05) is 0 Å². The second-order valence-corrected chi connectivity index (χ2v) is 4.18. The maximum atomic E-state index is 13.4. The van der Waals surface area contributed by atoms with E-state index >= 15 is 0 Å². The third-order valence-electron chi connectivity index (χ3n) is 2.30. The van der Waals surface area contributed by atoms with Crippen molar-refractivity contribution < 1.29 is 4.39 Å². The number of rotatable bonds is 4. The molecule has 1 aromatic carbocycles. The molecule has 0 amide bonds. The van der Waals surface area contributed by atoms with Gasteiger partial charge in [0.1, 0.15) is 0 Å². The van der Waals surface area contributed by atoms with E-state index in [4.69, 9.17) is 11.6 Å². The minimum Gasteiger partial charge on any atom is -0.197 e. The lowest BCUT2D eigenvalue weighted by atomic mass is 10.2. The largest absolute Gasteiger partial charge is 0.197 e. The number of unbranched alkanes of at least 4 members (excludes halogenated alkanes) is 3. The third-order valence-corrected chi connectivity index (χ3v) is 2.64. The van der Waals surface area contributed by atoms with Gasteiger partial charge in [-0.3, -0.25) is 0 Å². The summed E-state index contributed by atoms with van der Waals surface area (Å²) < 4.78 is 13.4. The Morgan fingerprint density at radius 1 is 1.35 bits per heavy atom. The van der Waals surface area contributed by atoms with Gasteiger partial charge in [0, 0.05) is 11.4 Å². The van der Waals surface area contributed by atoms with Gasteiger partial charge in [0.25, 0.3) is 0 Å². The molecule has 0 N–H and O–H groups in total. The van der Waals surface area contributed by atoms with Crippen LogP contribution in [-0.2, 0) is 0 Å². The molecule has 0 radical (unpaired) electrons. The predicted molar refractivity (Wildman–Crippen MR) is 72.5 cm³/mol. The smallest absolute Gasteiger partial charge is 0.173 e. The molecule has 0 aliphatic rings. The van der Waals surface area contributed by atoms with Crippen LogP contribution in [0, 0.1) is 11.8 Å². The molecular weight excluding hydrogens is 235 g/mol. The highest BCUT2D eigenvalue weighted by molar-refractivity contribution is 6.32. The molecule has 0 heterocycles. The Bertz CT molecular complexity index is 438. The molecule has 0 aliphatic heterocycles. The summed E-state index contributed by atoms with van der Waals surface area (Å²) in [6.45, 7) is 2.13. The van der Waals surface area contributed by atoms with Gasteiger partial charge in [0.15, 0.2) is 5.83 Å². The zero-order chi connectivity index (χ0) is 12.5. The Balaban J connectivity index is 2.58. The Morgan fingerprint density at radius 2 is 2.12 bits per heavy atom. The van der Waals surface area contributed by atoms with Crippen LogP contribution in [-0.4, -0.2) is 0 Å². The summed E-state index contributed by atoms with van der Waals surface area (Å²) in [5.74, 6) is 4.89. The van der Waals surface area contributed by atoms with Crippen molar-refractivity contribution in [3.05, 3.63) is 40.7 Å². The van der Waals surface area contributed by atoms with Crippen LogP contribution in [0.4, 0.5) is 4.39 Å². The molecular formula is C15H16ClF. The molecule has 0 spiro atoms. The van der Waals surface area contributed by atoms with Crippen LogP contribution in [0.15, 0.2) is 30.1 Å². The van der Waals surface area contributed by atoms with E-state index in [9.17, 15) is 4.39 Å². The molecule has 17 heavy (non-hydrogen) atoms. The van der Waals surface area contributed by atoms with E-state index in [1.54, 1.807) is 12.1 Å². The van der Waals surface area contributed by atoms with E-state index in [1.807, 2.05) is 12.1 Å². The van der Waals surface area contributed by atoms with E-state index in [0.717, 1.165) is 25.7 Å². The van der Waals surface area contributed by atoms with Gasteiger partial charge in [-0.1, -0.05) is 55.5 Å². The SMILES string of the molecule is CCCCCC#C/C(F)=C\c1ccccc1Cl. The molecule has 2 heteroatoms. The maximum absolute atomic E-state index is 13.4. The molecule has 0 unspecified atom stereocenters. The number of benzene rings is 1. The molecule has 0 aromatic heterocycles. The van der Waals surface area contributed by atoms with Crippen LogP contribution < -0.4 is 0 Å². The second-order valence-electron chi connectivity index (χ2n) is 3.77. The van der Waals surface area contributed by atoms with E-state index in [0.29, 0.717) is 10.6 Å². The summed E-state index contributed by atoms with van der Waals surface area (Å²) in [4.78, 5) is 0. The summed E-state index contributed by atoms with van der Waals surface area (Å²) in [7, 11) is 0. The third kappa shape index (κ3) is 5.56. The topological polar surface area (TPSA) is 0 Å². The number of halogens is 2. The quantitative estimate of drug-likeness (QED) is 0.507. The highest BCUT2D eigenvalue weighted by atomic mass is 35.5. The second kappa shape index (κ2) is 7.92. The highest BCUT2D eigenvalue weighted by Crippen LogP contribution is 2.18. The normalized spacial score (nSPS) is 10.9. The van der Waals surface area contributed by atoms with Crippen molar-refractivity contribution in [1.82, 2.24) is 0 Å². The van der Waals surface area contributed by atoms with Gasteiger partial charge in [0.2, 0.25) is 0 Å². The standard InChI is InChI=1S/C15H16ClF/c1-2-3-4-5-6-10-14(17)12-13-9-7-8-11-15(13)16/h7-9,11-12H,2-5H2,1H3/b14-12+. The van der Waals surface area contributed by atoms with Crippen LogP contribution in [0.25, 0.3) is 6.08 Å². The first kappa shape index (κ1) is 13.8. The van der Waals surface area contributed by atoms with Crippen LogP contribution in [0.3, 0.4) is 0 Å². The van der Waals surface area contributed by atoms with Crippen LogP contribution >= 0.6 is 11.6 Å². The van der Waals surface area contributed by atoms with Gasteiger partial charge in [-0.2, -0.15) is 4.39 Å². The van der Waals surface area contributed by atoms with E-state index in [2.05, 4.69) is 18.8 Å². The van der Waals surface area contributed by atoms with Crippen molar-refractivity contribution in [3.63, 3.8) is 0 Å². The minimum absolute atomic E-state index is 0.436. The average molecular weight is 251 g/mol. The lowest BCUT2D eigenvalue weighted by Crippen LogP contribution is -1.76. The van der Waals surface area contributed by atoms with Crippen LogP contribution in [0.1, 0.15) is 38.2 Å². The zero-order valence-corrected chi connectivity index (χ0v) is 10.7. The Labute approximate surface area is 107 Å². The fourth-order valence-corrected chi connectivity index (χ4v) is 1.57. The maximum Gasteiger partial charge on any atom is 0.173 e. The average Bonchev–Trinajstić information content (AvgIpc) is 2.32. The summed E-state index contributed by atoms with van der Waals surface area (Å²) in [6.07, 6.45) is 5.44. The molecule has 0 aliphatic carbocycles. The molecule has 0 atom stereocenters. The molecule has 0 saturated carbocycles. The van der Waals surface area contributed by atoms with Crippen LogP contribution in [0.2, 0.25) is 5.02 Å². The van der Waals surface area contributed by atoms with Crippen molar-refractivity contribution in [3.8, 4) is 11.8 Å². The number of allylic oxidation sites excluding steroid dienone is 1. The summed E-state index contributed by atoms with van der Waals surface area (Å²) >= 11 is 5.91. The minimum atomic E-state index is -0.436. The first-order chi connectivity index (χ1) is 8.24. The van der Waals surface area contributed by atoms with Gasteiger partial charge in [0.05, 0.1) is 0 Å². The van der Waals surface area contributed by atoms with Crippen molar-refractivity contribution >= 4 is 17.7 Å². The molecule has 1 aromatic rings. The summed E-state index contributed by atoms with van der Waals surface area (Å²) in [5, 5.41) is 0.537. The Kier molecular flexibility index (Phi) is 6.43. The van der Waals surface area contributed by atoms with Gasteiger partial charge in [-0.15, -0.1) is 0 Å². The van der Waals surface area contributed by atoms with Crippen molar-refractivity contribution in [2.45, 2.75) is 32.6 Å². The van der Waals surface area contributed by atoms with E-state index in [-0.39, 0.29) is 0 Å². The van der Waals surface area contributed by atoms with Crippen molar-refractivity contribution in [2.24, 2.45) is 0 Å². The lowest BCUT2D eigenvalue weighted by Gasteiger charge is -1.95. The summed E-state index contributed by atoms with van der Waals surface area (Å²) in [6, 6.07) is 7.13. The zero-order valence-electron chi connectivity index (χ0n) is 9.97. The number of hydrogen-bond donors (Lipinski definition) is 0. The van der Waals surface area contributed by atoms with E-state index < -0.39 is 5.83 Å². The van der Waals surface area contributed by atoms with Gasteiger partial charge >= 0.3 is 0 Å². The monoisotopic (exact) mass is 250 g/mol. The fourth-order valence-electron chi connectivity index (χ4n) is 1.38. The van der Waals surface area contributed by atoms with E-state index in [1.165, 1.54) is 6.08 Å². The van der Waals surface area contributed by atoms with Gasteiger partial charge < -0.3 is 0 Å². The summed E-state index contributed by atoms with van der Waals surface area (Å²) in [5.41, 5.74) is 0.662. The first-order valence-corrected chi connectivity index (χ1v) is 6.22.